The van der Waals surface area contributed by atoms with Gasteiger partial charge in [0.05, 0.1) is 33.9 Å². The normalized spacial score (nSPS) is 15.8. The molecule has 2 aromatic carbocycles. The molecule has 1 amide bonds. The van der Waals surface area contributed by atoms with E-state index in [-0.39, 0.29) is 11.7 Å². The highest BCUT2D eigenvalue weighted by atomic mass is 35.5. The minimum absolute atomic E-state index is 0.0912. The lowest BCUT2D eigenvalue weighted by molar-refractivity contribution is -0.150. The number of hydrogen-bond donors (Lipinski definition) is 2. The fraction of sp³-hybridized carbons (Fsp3) is 0.321. The number of halogens is 1. The molecule has 1 aliphatic rings. The number of ether oxygens (including phenoxy) is 1. The first-order chi connectivity index (χ1) is 17.0. The number of thioether (sulfide) groups is 1. The number of rotatable bonds is 7. The number of dihydropyridines is 1. The van der Waals surface area contributed by atoms with Crippen molar-refractivity contribution in [2.45, 2.75) is 52.6 Å². The summed E-state index contributed by atoms with van der Waals surface area (Å²) in [5.74, 6) is -1.25. The third-order valence-electron chi connectivity index (χ3n) is 5.49. The van der Waals surface area contributed by atoms with Crippen molar-refractivity contribution in [3.05, 3.63) is 86.6 Å². The molecule has 0 bridgehead atoms. The van der Waals surface area contributed by atoms with Crippen LogP contribution in [0.4, 0.5) is 5.69 Å². The van der Waals surface area contributed by atoms with Gasteiger partial charge in [0.1, 0.15) is 5.60 Å². The highest BCUT2D eigenvalue weighted by Crippen LogP contribution is 2.41. The number of nitriles is 1. The predicted octanol–water partition coefficient (Wildman–Crippen LogP) is 6.31. The van der Waals surface area contributed by atoms with Crippen LogP contribution in [0.15, 0.2) is 70.4 Å². The Labute approximate surface area is 221 Å². The third kappa shape index (κ3) is 6.71. The first kappa shape index (κ1) is 27.4. The van der Waals surface area contributed by atoms with Crippen LogP contribution in [0.25, 0.3) is 0 Å². The molecule has 0 spiro atoms. The summed E-state index contributed by atoms with van der Waals surface area (Å²) in [5.41, 5.74) is 3.13. The first-order valence-corrected chi connectivity index (χ1v) is 13.0. The minimum Gasteiger partial charge on any atom is -0.457 e. The number of benzene rings is 2. The molecule has 0 aliphatic carbocycles. The number of hydrogen-bond acceptors (Lipinski definition) is 6. The number of nitrogens with one attached hydrogen (secondary N) is 2. The maximum absolute atomic E-state index is 13.2. The van der Waals surface area contributed by atoms with Gasteiger partial charge in [-0.1, -0.05) is 60.6 Å². The number of anilines is 1. The summed E-state index contributed by atoms with van der Waals surface area (Å²) in [5, 5.41) is 17.4. The van der Waals surface area contributed by atoms with Gasteiger partial charge in [-0.25, -0.2) is 4.79 Å². The van der Waals surface area contributed by atoms with E-state index in [1.54, 1.807) is 52.0 Å². The molecule has 1 atom stereocenters. The highest BCUT2D eigenvalue weighted by Gasteiger charge is 2.37. The standard InChI is InChI=1S/C28H30ClN3O3S/c1-6-18-9-7-8-10-22(18)32-23(33)16-36-26-21(15-30)25(19-11-13-20(29)14-12-19)24(17(2)31-26)27(34)35-28(3,4)5/h7-14,25,31H,6,16H2,1-5H3,(H,32,33)/t25-/m1/s1. The topological polar surface area (TPSA) is 91.2 Å². The molecule has 1 heterocycles. The maximum Gasteiger partial charge on any atom is 0.337 e. The average Bonchev–Trinajstić information content (AvgIpc) is 2.82. The highest BCUT2D eigenvalue weighted by molar-refractivity contribution is 8.03. The Kier molecular flexibility index (Phi) is 8.89. The summed E-state index contributed by atoms with van der Waals surface area (Å²) < 4.78 is 5.67. The second kappa shape index (κ2) is 11.7. The van der Waals surface area contributed by atoms with E-state index in [1.807, 2.05) is 31.2 Å². The van der Waals surface area contributed by atoms with Gasteiger partial charge in [0.2, 0.25) is 5.91 Å². The van der Waals surface area contributed by atoms with Crippen molar-refractivity contribution in [1.82, 2.24) is 5.32 Å². The van der Waals surface area contributed by atoms with Gasteiger partial charge in [-0.3, -0.25) is 4.79 Å². The number of carbonyl (C=O) groups is 2. The molecule has 0 aromatic heterocycles. The van der Waals surface area contributed by atoms with Crippen LogP contribution in [-0.4, -0.2) is 23.2 Å². The van der Waals surface area contributed by atoms with Crippen molar-refractivity contribution in [3.8, 4) is 6.07 Å². The SMILES string of the molecule is CCc1ccccc1NC(=O)CSC1=C(C#N)[C@@H](c2ccc(Cl)cc2)C(C(=O)OC(C)(C)C)=C(C)N1. The van der Waals surface area contributed by atoms with Gasteiger partial charge >= 0.3 is 5.97 Å². The molecule has 0 saturated carbocycles. The predicted molar refractivity (Wildman–Crippen MR) is 145 cm³/mol. The zero-order chi connectivity index (χ0) is 26.5. The van der Waals surface area contributed by atoms with Crippen molar-refractivity contribution >= 4 is 40.9 Å². The van der Waals surface area contributed by atoms with E-state index in [0.717, 1.165) is 23.2 Å². The first-order valence-electron chi connectivity index (χ1n) is 11.7. The summed E-state index contributed by atoms with van der Waals surface area (Å²) in [6.45, 7) is 9.20. The van der Waals surface area contributed by atoms with Crippen LogP contribution in [0.2, 0.25) is 5.02 Å². The molecule has 0 unspecified atom stereocenters. The van der Waals surface area contributed by atoms with E-state index in [1.165, 1.54) is 11.8 Å². The Bertz CT molecular complexity index is 1250. The lowest BCUT2D eigenvalue weighted by Gasteiger charge is -2.31. The molecule has 2 N–H and O–H groups in total. The lowest BCUT2D eigenvalue weighted by Crippen LogP contribution is -2.32. The fourth-order valence-corrected chi connectivity index (χ4v) is 4.91. The van der Waals surface area contributed by atoms with Crippen LogP contribution in [0.5, 0.6) is 0 Å². The molecule has 6 nitrogen and oxygen atoms in total. The number of nitrogens with zero attached hydrogens (tertiary/aromatic N) is 1. The van der Waals surface area contributed by atoms with Gasteiger partial charge in [-0.15, -0.1) is 0 Å². The van der Waals surface area contributed by atoms with Gasteiger partial charge < -0.3 is 15.4 Å². The van der Waals surface area contributed by atoms with E-state index in [2.05, 4.69) is 16.7 Å². The fourth-order valence-electron chi connectivity index (χ4n) is 3.89. The number of para-hydroxylation sites is 1. The van der Waals surface area contributed by atoms with Crippen LogP contribution in [0.1, 0.15) is 51.7 Å². The van der Waals surface area contributed by atoms with Gasteiger partial charge in [-0.2, -0.15) is 5.26 Å². The van der Waals surface area contributed by atoms with Crippen LogP contribution in [0, 0.1) is 11.3 Å². The Balaban J connectivity index is 1.92. The van der Waals surface area contributed by atoms with Crippen LogP contribution < -0.4 is 10.6 Å². The van der Waals surface area contributed by atoms with E-state index in [9.17, 15) is 14.9 Å². The largest absolute Gasteiger partial charge is 0.457 e. The van der Waals surface area contributed by atoms with Crippen molar-refractivity contribution < 1.29 is 14.3 Å². The summed E-state index contributed by atoms with van der Waals surface area (Å²) >= 11 is 7.32. The number of amides is 1. The molecule has 1 aliphatic heterocycles. The molecule has 8 heteroatoms. The molecule has 0 saturated heterocycles. The number of aryl methyl sites for hydroxylation is 1. The van der Waals surface area contributed by atoms with Gasteiger partial charge in [0.25, 0.3) is 0 Å². The van der Waals surface area contributed by atoms with Gasteiger partial charge in [-0.05, 0) is 63.4 Å². The second-order valence-electron chi connectivity index (χ2n) is 9.35. The molecule has 188 valence electrons. The molecule has 3 rings (SSSR count). The molecule has 0 fully saturated rings. The third-order valence-corrected chi connectivity index (χ3v) is 6.76. The summed E-state index contributed by atoms with van der Waals surface area (Å²) in [6, 6.07) is 17.0. The molecule has 0 radical (unpaired) electrons. The van der Waals surface area contributed by atoms with Crippen LogP contribution in [-0.2, 0) is 20.7 Å². The van der Waals surface area contributed by atoms with Crippen LogP contribution in [0.3, 0.4) is 0 Å². The summed E-state index contributed by atoms with van der Waals surface area (Å²) in [6.07, 6.45) is 0.801. The zero-order valence-corrected chi connectivity index (χ0v) is 22.6. The summed E-state index contributed by atoms with van der Waals surface area (Å²) in [4.78, 5) is 26.0. The monoisotopic (exact) mass is 523 g/mol. The van der Waals surface area contributed by atoms with Crippen molar-refractivity contribution in [1.29, 1.82) is 5.26 Å². The number of allylic oxidation sites excluding steroid dienone is 2. The molecule has 36 heavy (non-hydrogen) atoms. The van der Waals surface area contributed by atoms with E-state index < -0.39 is 17.5 Å². The van der Waals surface area contributed by atoms with Gasteiger partial charge in [0, 0.05) is 16.4 Å². The maximum atomic E-state index is 13.2. The van der Waals surface area contributed by atoms with E-state index >= 15 is 0 Å². The number of carbonyl (C=O) groups excluding carboxylic acids is 2. The number of esters is 1. The summed E-state index contributed by atoms with van der Waals surface area (Å²) in [7, 11) is 0. The second-order valence-corrected chi connectivity index (χ2v) is 10.8. The van der Waals surface area contributed by atoms with Crippen LogP contribution >= 0.6 is 23.4 Å². The van der Waals surface area contributed by atoms with Gasteiger partial charge in [0.15, 0.2) is 0 Å². The van der Waals surface area contributed by atoms with E-state index in [4.69, 9.17) is 16.3 Å². The Morgan fingerprint density at radius 1 is 1.17 bits per heavy atom. The van der Waals surface area contributed by atoms with Crippen molar-refractivity contribution in [2.75, 3.05) is 11.1 Å². The van der Waals surface area contributed by atoms with E-state index in [0.29, 0.717) is 26.9 Å². The zero-order valence-electron chi connectivity index (χ0n) is 21.1. The van der Waals surface area contributed by atoms with Crippen molar-refractivity contribution in [3.63, 3.8) is 0 Å². The lowest BCUT2D eigenvalue weighted by atomic mass is 9.82. The van der Waals surface area contributed by atoms with Crippen molar-refractivity contribution in [2.24, 2.45) is 0 Å². The Morgan fingerprint density at radius 3 is 2.44 bits per heavy atom. The smallest absolute Gasteiger partial charge is 0.337 e. The Hall–Kier alpha value is -3.21. The minimum atomic E-state index is -0.701. The molecular formula is C28H30ClN3O3S. The average molecular weight is 524 g/mol. The molecular weight excluding hydrogens is 494 g/mol. The quantitative estimate of drug-likeness (QED) is 0.413. The molecule has 2 aromatic rings. The Morgan fingerprint density at radius 2 is 1.83 bits per heavy atom.